The number of fused-ring (bicyclic) bond motifs is 1. The number of carbonyl (C=O) groups excluding carboxylic acids is 1. The predicted molar refractivity (Wildman–Crippen MR) is 86.5 cm³/mol. The third-order valence-corrected chi connectivity index (χ3v) is 5.43. The molecule has 1 amide bonds. The van der Waals surface area contributed by atoms with E-state index in [-0.39, 0.29) is 5.91 Å². The fourth-order valence-electron chi connectivity index (χ4n) is 3.56. The number of nitrogens with one attached hydrogen (secondary N) is 1. The van der Waals surface area contributed by atoms with Gasteiger partial charge in [-0.25, -0.2) is 0 Å². The second-order valence-corrected chi connectivity index (χ2v) is 6.25. The molecule has 2 aromatic rings. The number of likely N-dealkylation sites (tertiary alicyclic amines) is 1. The number of aromatic amines is 1. The van der Waals surface area contributed by atoms with Crippen LogP contribution in [-0.2, 0) is 0 Å². The maximum atomic E-state index is 12.8. The maximum absolute atomic E-state index is 12.8. The highest BCUT2D eigenvalue weighted by atomic mass is 16.2. The Morgan fingerprint density at radius 2 is 1.86 bits per heavy atom. The number of piperidine rings is 1. The molecule has 1 aromatic heterocycles. The molecular weight excluding hydrogens is 260 g/mol. The highest BCUT2D eigenvalue weighted by Gasteiger charge is 2.33. The van der Waals surface area contributed by atoms with Crippen molar-refractivity contribution in [3.8, 4) is 0 Å². The van der Waals surface area contributed by atoms with Crippen LogP contribution in [0.2, 0.25) is 0 Å². The zero-order valence-corrected chi connectivity index (χ0v) is 13.0. The summed E-state index contributed by atoms with van der Waals surface area (Å²) >= 11 is 0. The lowest BCUT2D eigenvalue weighted by molar-refractivity contribution is 0.0559. The van der Waals surface area contributed by atoms with Crippen LogP contribution in [-0.4, -0.2) is 28.9 Å². The Bertz CT molecular complexity index is 629. The molecule has 3 rings (SSSR count). The first-order chi connectivity index (χ1) is 10.2. The topological polar surface area (TPSA) is 36.1 Å². The van der Waals surface area contributed by atoms with Crippen LogP contribution in [0.25, 0.3) is 10.9 Å². The van der Waals surface area contributed by atoms with Crippen molar-refractivity contribution in [3.05, 3.63) is 36.0 Å². The normalized spacial score (nSPS) is 18.1. The van der Waals surface area contributed by atoms with E-state index in [0.717, 1.165) is 42.4 Å². The van der Waals surface area contributed by atoms with Crippen LogP contribution < -0.4 is 0 Å². The second kappa shape index (κ2) is 5.55. The molecule has 0 radical (unpaired) electrons. The van der Waals surface area contributed by atoms with E-state index in [4.69, 9.17) is 0 Å². The third-order valence-electron chi connectivity index (χ3n) is 5.43. The molecule has 112 valence electrons. The zero-order valence-electron chi connectivity index (χ0n) is 13.0. The Hall–Kier alpha value is -1.77. The molecule has 1 saturated heterocycles. The summed E-state index contributed by atoms with van der Waals surface area (Å²) in [6.45, 7) is 6.33. The summed E-state index contributed by atoms with van der Waals surface area (Å²) in [5.74, 6) is 0.174. The summed E-state index contributed by atoms with van der Waals surface area (Å²) in [6, 6.07) is 8.01. The molecule has 21 heavy (non-hydrogen) atoms. The summed E-state index contributed by atoms with van der Waals surface area (Å²) in [5.41, 5.74) is 2.30. The van der Waals surface area contributed by atoms with E-state index in [1.54, 1.807) is 0 Å². The van der Waals surface area contributed by atoms with Crippen molar-refractivity contribution in [2.45, 2.75) is 39.5 Å². The number of hydrogen-bond acceptors (Lipinski definition) is 1. The van der Waals surface area contributed by atoms with Gasteiger partial charge in [0.25, 0.3) is 5.91 Å². The minimum Gasteiger partial charge on any atom is -0.360 e. The SMILES string of the molecule is CCC1(CC)CCN(C(=O)c2c[nH]c3ccccc23)CC1. The first-order valence-corrected chi connectivity index (χ1v) is 8.04. The van der Waals surface area contributed by atoms with Gasteiger partial charge in [0.2, 0.25) is 0 Å². The Kier molecular flexibility index (Phi) is 3.75. The summed E-state index contributed by atoms with van der Waals surface area (Å²) < 4.78 is 0. The van der Waals surface area contributed by atoms with Crippen molar-refractivity contribution >= 4 is 16.8 Å². The molecule has 0 bridgehead atoms. The minimum atomic E-state index is 0.174. The summed E-state index contributed by atoms with van der Waals surface area (Å²) in [7, 11) is 0. The number of nitrogens with zero attached hydrogens (tertiary/aromatic N) is 1. The largest absolute Gasteiger partial charge is 0.360 e. The molecular formula is C18H24N2O. The van der Waals surface area contributed by atoms with E-state index in [0.29, 0.717) is 5.41 Å². The number of benzene rings is 1. The average molecular weight is 284 g/mol. The van der Waals surface area contributed by atoms with Gasteiger partial charge in [-0.2, -0.15) is 0 Å². The highest BCUT2D eigenvalue weighted by Crippen LogP contribution is 2.38. The van der Waals surface area contributed by atoms with E-state index in [2.05, 4.69) is 18.8 Å². The molecule has 2 heterocycles. The molecule has 1 N–H and O–H groups in total. The molecule has 1 aliphatic heterocycles. The van der Waals surface area contributed by atoms with Crippen LogP contribution in [0.4, 0.5) is 0 Å². The van der Waals surface area contributed by atoms with E-state index in [9.17, 15) is 4.79 Å². The molecule has 1 fully saturated rings. The highest BCUT2D eigenvalue weighted by molar-refractivity contribution is 6.06. The smallest absolute Gasteiger partial charge is 0.256 e. The van der Waals surface area contributed by atoms with Gasteiger partial charge in [0, 0.05) is 30.2 Å². The van der Waals surface area contributed by atoms with Gasteiger partial charge in [-0.05, 0) is 24.3 Å². The second-order valence-electron chi connectivity index (χ2n) is 6.25. The number of carbonyl (C=O) groups is 1. The van der Waals surface area contributed by atoms with Gasteiger partial charge >= 0.3 is 0 Å². The lowest BCUT2D eigenvalue weighted by Gasteiger charge is -2.41. The van der Waals surface area contributed by atoms with Gasteiger partial charge in [0.1, 0.15) is 0 Å². The number of para-hydroxylation sites is 1. The van der Waals surface area contributed by atoms with Crippen LogP contribution >= 0.6 is 0 Å². The van der Waals surface area contributed by atoms with Gasteiger partial charge in [-0.1, -0.05) is 44.9 Å². The monoisotopic (exact) mass is 284 g/mol. The first-order valence-electron chi connectivity index (χ1n) is 8.04. The van der Waals surface area contributed by atoms with Crippen LogP contribution in [0, 0.1) is 5.41 Å². The van der Waals surface area contributed by atoms with Gasteiger partial charge in [0.15, 0.2) is 0 Å². The van der Waals surface area contributed by atoms with E-state index < -0.39 is 0 Å². The average Bonchev–Trinajstić information content (AvgIpc) is 2.98. The summed E-state index contributed by atoms with van der Waals surface area (Å²) in [5, 5.41) is 1.03. The van der Waals surface area contributed by atoms with Crippen molar-refractivity contribution in [2.75, 3.05) is 13.1 Å². The Labute approximate surface area is 126 Å². The van der Waals surface area contributed by atoms with Crippen molar-refractivity contribution < 1.29 is 4.79 Å². The fourth-order valence-corrected chi connectivity index (χ4v) is 3.56. The predicted octanol–water partition coefficient (Wildman–Crippen LogP) is 4.21. The molecule has 0 spiro atoms. The van der Waals surface area contributed by atoms with Crippen molar-refractivity contribution in [1.82, 2.24) is 9.88 Å². The molecule has 1 aromatic carbocycles. The molecule has 0 unspecified atom stereocenters. The van der Waals surface area contributed by atoms with Gasteiger partial charge in [-0.3, -0.25) is 4.79 Å². The molecule has 0 atom stereocenters. The molecule has 3 heteroatoms. The third kappa shape index (κ3) is 2.45. The van der Waals surface area contributed by atoms with Crippen molar-refractivity contribution in [1.29, 1.82) is 0 Å². The van der Waals surface area contributed by atoms with Crippen LogP contribution in [0.15, 0.2) is 30.5 Å². The lowest BCUT2D eigenvalue weighted by atomic mass is 9.74. The molecule has 0 aliphatic carbocycles. The van der Waals surface area contributed by atoms with Crippen LogP contribution in [0.5, 0.6) is 0 Å². The number of aromatic nitrogens is 1. The molecule has 0 saturated carbocycles. The summed E-state index contributed by atoms with van der Waals surface area (Å²) in [4.78, 5) is 18.0. The Balaban J connectivity index is 1.78. The lowest BCUT2D eigenvalue weighted by Crippen LogP contribution is -2.42. The van der Waals surface area contributed by atoms with Crippen LogP contribution in [0.3, 0.4) is 0 Å². The van der Waals surface area contributed by atoms with E-state index >= 15 is 0 Å². The number of amides is 1. The van der Waals surface area contributed by atoms with Gasteiger partial charge in [0.05, 0.1) is 5.56 Å². The fraction of sp³-hybridized carbons (Fsp3) is 0.500. The number of rotatable bonds is 3. The zero-order chi connectivity index (χ0) is 14.9. The van der Waals surface area contributed by atoms with Gasteiger partial charge < -0.3 is 9.88 Å². The van der Waals surface area contributed by atoms with Gasteiger partial charge in [-0.15, -0.1) is 0 Å². The first kappa shape index (κ1) is 14.2. The standard InChI is InChI=1S/C18H24N2O/c1-3-18(4-2)9-11-20(12-10-18)17(21)15-13-19-16-8-6-5-7-14(15)16/h5-8,13,19H,3-4,9-12H2,1-2H3. The number of H-pyrrole nitrogens is 1. The van der Waals surface area contributed by atoms with Crippen molar-refractivity contribution in [3.63, 3.8) is 0 Å². The maximum Gasteiger partial charge on any atom is 0.256 e. The summed E-state index contributed by atoms with van der Waals surface area (Å²) in [6.07, 6.45) is 6.56. The minimum absolute atomic E-state index is 0.174. The van der Waals surface area contributed by atoms with Crippen molar-refractivity contribution in [2.24, 2.45) is 5.41 Å². The Morgan fingerprint density at radius 1 is 1.19 bits per heavy atom. The quantitative estimate of drug-likeness (QED) is 0.900. The number of hydrogen-bond donors (Lipinski definition) is 1. The van der Waals surface area contributed by atoms with Crippen LogP contribution in [0.1, 0.15) is 49.9 Å². The molecule has 3 nitrogen and oxygen atoms in total. The Morgan fingerprint density at radius 3 is 2.52 bits per heavy atom. The van der Waals surface area contributed by atoms with E-state index in [1.807, 2.05) is 35.4 Å². The van der Waals surface area contributed by atoms with E-state index in [1.165, 1.54) is 12.8 Å². The molecule has 1 aliphatic rings.